The maximum Gasteiger partial charge on any atom is 0.248 e. The van der Waals surface area contributed by atoms with Gasteiger partial charge in [0.2, 0.25) is 11.8 Å². The lowest BCUT2D eigenvalue weighted by molar-refractivity contribution is -0.151. The Kier molecular flexibility index (Phi) is 4.83. The van der Waals surface area contributed by atoms with Crippen molar-refractivity contribution in [3.8, 4) is 0 Å². The van der Waals surface area contributed by atoms with Crippen molar-refractivity contribution in [1.29, 1.82) is 0 Å². The van der Waals surface area contributed by atoms with Crippen molar-refractivity contribution >= 4 is 22.6 Å². The molecule has 1 saturated carbocycles. The zero-order valence-corrected chi connectivity index (χ0v) is 13.1. The highest BCUT2D eigenvalue weighted by molar-refractivity contribution is 7.84. The molecule has 1 aliphatic carbocycles. The number of carbonyl (C=O) groups is 2. The molecule has 0 aromatic heterocycles. The Labute approximate surface area is 122 Å². The molecular weight excluding hydrogens is 276 g/mol. The highest BCUT2D eigenvalue weighted by atomic mass is 32.2. The van der Waals surface area contributed by atoms with Crippen LogP contribution in [0.15, 0.2) is 0 Å². The predicted octanol–water partition coefficient (Wildman–Crippen LogP) is 0.805. The molecule has 114 valence electrons. The molecular formula is C14H24N2O3S. The average Bonchev–Trinajstić information content (AvgIpc) is 2.41. The first-order chi connectivity index (χ1) is 9.44. The molecule has 5 nitrogen and oxygen atoms in total. The first-order valence-electron chi connectivity index (χ1n) is 7.37. The Balaban J connectivity index is 2.03. The van der Waals surface area contributed by atoms with E-state index in [0.717, 1.165) is 32.1 Å². The Morgan fingerprint density at radius 3 is 2.55 bits per heavy atom. The van der Waals surface area contributed by atoms with Crippen LogP contribution in [-0.4, -0.2) is 51.1 Å². The minimum Gasteiger partial charge on any atom is -0.340 e. The summed E-state index contributed by atoms with van der Waals surface area (Å²) in [7, 11) is -0.886. The van der Waals surface area contributed by atoms with Crippen LogP contribution in [0.5, 0.6) is 0 Å². The van der Waals surface area contributed by atoms with Crippen LogP contribution in [0.2, 0.25) is 0 Å². The summed E-state index contributed by atoms with van der Waals surface area (Å²) in [6, 6.07) is 0. The number of amides is 2. The van der Waals surface area contributed by atoms with Gasteiger partial charge in [0, 0.05) is 28.9 Å². The molecule has 0 radical (unpaired) electrons. The van der Waals surface area contributed by atoms with Crippen molar-refractivity contribution in [2.45, 2.75) is 56.2 Å². The highest BCUT2D eigenvalue weighted by Gasteiger charge is 2.46. The predicted molar refractivity (Wildman–Crippen MR) is 78.7 cm³/mol. The van der Waals surface area contributed by atoms with E-state index in [0.29, 0.717) is 13.0 Å². The van der Waals surface area contributed by atoms with Crippen LogP contribution < -0.4 is 5.32 Å². The van der Waals surface area contributed by atoms with Gasteiger partial charge in [0.05, 0.1) is 6.54 Å². The van der Waals surface area contributed by atoms with Crippen LogP contribution in [0.3, 0.4) is 0 Å². The van der Waals surface area contributed by atoms with Gasteiger partial charge in [0.1, 0.15) is 5.54 Å². The van der Waals surface area contributed by atoms with Gasteiger partial charge in [-0.2, -0.15) is 0 Å². The number of hydrogen-bond acceptors (Lipinski definition) is 3. The van der Waals surface area contributed by atoms with Crippen LogP contribution in [-0.2, 0) is 20.4 Å². The normalized spacial score (nSPS) is 25.4. The van der Waals surface area contributed by atoms with Crippen molar-refractivity contribution < 1.29 is 13.8 Å². The fourth-order valence-corrected chi connectivity index (χ4v) is 3.52. The highest BCUT2D eigenvalue weighted by Crippen LogP contribution is 2.32. The minimum absolute atomic E-state index is 0.0510. The van der Waals surface area contributed by atoms with Crippen molar-refractivity contribution in [3.63, 3.8) is 0 Å². The van der Waals surface area contributed by atoms with Crippen molar-refractivity contribution in [2.75, 3.05) is 19.3 Å². The molecule has 2 amide bonds. The Bertz CT molecular complexity index is 419. The molecule has 2 rings (SSSR count). The van der Waals surface area contributed by atoms with Gasteiger partial charge in [-0.15, -0.1) is 0 Å². The summed E-state index contributed by atoms with van der Waals surface area (Å²) in [6.45, 7) is 2.58. The molecule has 1 N–H and O–H groups in total. The second-order valence-corrected chi connectivity index (χ2v) is 7.82. The Hall–Kier alpha value is -0.910. The zero-order chi connectivity index (χ0) is 14.8. The van der Waals surface area contributed by atoms with Crippen molar-refractivity contribution in [3.05, 3.63) is 0 Å². The Morgan fingerprint density at radius 1 is 1.30 bits per heavy atom. The third kappa shape index (κ3) is 3.22. The quantitative estimate of drug-likeness (QED) is 0.835. The van der Waals surface area contributed by atoms with E-state index in [9.17, 15) is 13.8 Å². The van der Waals surface area contributed by atoms with Gasteiger partial charge in [-0.1, -0.05) is 26.2 Å². The Morgan fingerprint density at radius 2 is 1.95 bits per heavy atom. The molecule has 2 aliphatic rings. The molecule has 6 heteroatoms. The largest absolute Gasteiger partial charge is 0.340 e. The van der Waals surface area contributed by atoms with E-state index in [4.69, 9.17) is 0 Å². The van der Waals surface area contributed by atoms with Gasteiger partial charge in [-0.3, -0.25) is 13.8 Å². The lowest BCUT2D eigenvalue weighted by Gasteiger charge is -2.44. The maximum atomic E-state index is 12.7. The van der Waals surface area contributed by atoms with Gasteiger partial charge < -0.3 is 10.2 Å². The summed E-state index contributed by atoms with van der Waals surface area (Å²) in [5.74, 6) is 0.00246. The molecule has 2 atom stereocenters. The average molecular weight is 300 g/mol. The molecule has 0 aromatic rings. The number of piperazine rings is 1. The second-order valence-electron chi connectivity index (χ2n) is 6.02. The molecule has 0 aromatic carbocycles. The zero-order valence-electron chi connectivity index (χ0n) is 12.3. The summed E-state index contributed by atoms with van der Waals surface area (Å²) in [6.07, 6.45) is 6.99. The third-order valence-corrected chi connectivity index (χ3v) is 5.86. The van der Waals surface area contributed by atoms with Crippen LogP contribution in [0.4, 0.5) is 0 Å². The molecule has 1 aliphatic heterocycles. The van der Waals surface area contributed by atoms with Gasteiger partial charge in [-0.25, -0.2) is 0 Å². The second kappa shape index (κ2) is 6.24. The van der Waals surface area contributed by atoms with E-state index in [2.05, 4.69) is 5.32 Å². The van der Waals surface area contributed by atoms with Crippen LogP contribution in [0.25, 0.3) is 0 Å². The molecule has 1 saturated heterocycles. The number of hydrogen-bond donors (Lipinski definition) is 1. The number of rotatable bonds is 4. The monoisotopic (exact) mass is 300 g/mol. The molecule has 2 fully saturated rings. The molecule has 1 spiro atoms. The van der Waals surface area contributed by atoms with Crippen molar-refractivity contribution in [1.82, 2.24) is 10.2 Å². The summed E-state index contributed by atoms with van der Waals surface area (Å²) in [4.78, 5) is 26.2. The standard InChI is InChI=1S/C14H24N2O3S/c1-11(20(2)19)6-9-16-10-12(17)15-14(13(16)18)7-4-3-5-8-14/h11H,3-10H2,1-2H3,(H,15,17). The molecule has 2 unspecified atom stereocenters. The molecule has 0 bridgehead atoms. The number of nitrogens with one attached hydrogen (secondary N) is 1. The third-order valence-electron chi connectivity index (χ3n) is 4.49. The van der Waals surface area contributed by atoms with E-state index >= 15 is 0 Å². The summed E-state index contributed by atoms with van der Waals surface area (Å²) < 4.78 is 11.4. The summed E-state index contributed by atoms with van der Waals surface area (Å²) in [5, 5.41) is 2.98. The van der Waals surface area contributed by atoms with Gasteiger partial charge in [0.15, 0.2) is 0 Å². The summed E-state index contributed by atoms with van der Waals surface area (Å²) in [5.41, 5.74) is -0.651. The number of nitrogens with zero attached hydrogens (tertiary/aromatic N) is 1. The first kappa shape index (κ1) is 15.5. The van der Waals surface area contributed by atoms with E-state index in [1.165, 1.54) is 0 Å². The van der Waals surface area contributed by atoms with E-state index < -0.39 is 16.3 Å². The maximum absolute atomic E-state index is 12.7. The van der Waals surface area contributed by atoms with E-state index in [1.807, 2.05) is 6.92 Å². The topological polar surface area (TPSA) is 66.5 Å². The van der Waals surface area contributed by atoms with Crippen LogP contribution in [0, 0.1) is 0 Å². The van der Waals surface area contributed by atoms with E-state index in [-0.39, 0.29) is 23.6 Å². The number of carbonyl (C=O) groups excluding carboxylic acids is 2. The first-order valence-corrected chi connectivity index (χ1v) is 8.99. The van der Waals surface area contributed by atoms with Gasteiger partial charge in [0.25, 0.3) is 0 Å². The SMILES string of the molecule is CC(CCN1CC(=O)NC2(CCCCC2)C1=O)S(C)=O. The van der Waals surface area contributed by atoms with Gasteiger partial charge in [-0.05, 0) is 19.3 Å². The van der Waals surface area contributed by atoms with Crippen LogP contribution >= 0.6 is 0 Å². The van der Waals surface area contributed by atoms with Crippen molar-refractivity contribution in [2.24, 2.45) is 0 Å². The lowest BCUT2D eigenvalue weighted by Crippen LogP contribution is -2.67. The fraction of sp³-hybridized carbons (Fsp3) is 0.857. The minimum atomic E-state index is -0.886. The summed E-state index contributed by atoms with van der Waals surface area (Å²) >= 11 is 0. The fourth-order valence-electron chi connectivity index (χ4n) is 3.09. The lowest BCUT2D eigenvalue weighted by atomic mass is 9.79. The smallest absolute Gasteiger partial charge is 0.248 e. The van der Waals surface area contributed by atoms with Gasteiger partial charge >= 0.3 is 0 Å². The molecule has 1 heterocycles. The molecule has 20 heavy (non-hydrogen) atoms. The van der Waals surface area contributed by atoms with E-state index in [1.54, 1.807) is 11.2 Å². The van der Waals surface area contributed by atoms with Crippen LogP contribution in [0.1, 0.15) is 45.4 Å².